The number of amidine groups is 1. The van der Waals surface area contributed by atoms with E-state index >= 15 is 0 Å². The van der Waals surface area contributed by atoms with Crippen LogP contribution in [0.2, 0.25) is 0 Å². The maximum Gasteiger partial charge on any atom is 0.149 e. The molecule has 1 heterocycles. The van der Waals surface area contributed by atoms with Crippen molar-refractivity contribution in [3.63, 3.8) is 0 Å². The molecule has 0 fully saturated rings. The Balaban J connectivity index is 1.97. The average molecular weight is 534 g/mol. The number of rotatable bonds is 29. The summed E-state index contributed by atoms with van der Waals surface area (Å²) in [6.45, 7) is 7.37. The number of nitrogens with two attached hydrogens (primary N) is 1. The third-order valence-corrected chi connectivity index (χ3v) is 8.43. The lowest BCUT2D eigenvalue weighted by molar-refractivity contribution is -0.120. The second kappa shape index (κ2) is 26.3. The summed E-state index contributed by atoms with van der Waals surface area (Å²) in [7, 11) is 0. The summed E-state index contributed by atoms with van der Waals surface area (Å²) in [6.07, 6.45) is 33.6. The maximum atomic E-state index is 12.5. The molecule has 38 heavy (non-hydrogen) atoms. The van der Waals surface area contributed by atoms with E-state index in [2.05, 4.69) is 18.7 Å². The lowest BCUT2D eigenvalue weighted by Gasteiger charge is -2.22. The van der Waals surface area contributed by atoms with Crippen LogP contribution in [-0.2, 0) is 4.79 Å². The first kappa shape index (κ1) is 35.1. The normalized spacial score (nSPS) is 14.3. The van der Waals surface area contributed by atoms with Crippen LogP contribution >= 0.6 is 0 Å². The van der Waals surface area contributed by atoms with Crippen LogP contribution < -0.4 is 5.73 Å². The minimum absolute atomic E-state index is 0.263. The molecule has 1 unspecified atom stereocenters. The Morgan fingerprint density at radius 3 is 1.58 bits per heavy atom. The highest BCUT2D eigenvalue weighted by atomic mass is 16.1. The molecular formula is C34H67N3O. The minimum Gasteiger partial charge on any atom is -0.358 e. The monoisotopic (exact) mass is 534 g/mol. The van der Waals surface area contributed by atoms with E-state index in [1.54, 1.807) is 0 Å². The molecule has 4 nitrogen and oxygen atoms in total. The number of ketones is 1. The number of aliphatic imine (C=N–C) groups is 1. The van der Waals surface area contributed by atoms with Crippen LogP contribution in [0.25, 0.3) is 0 Å². The lowest BCUT2D eigenvalue weighted by Crippen LogP contribution is -2.37. The van der Waals surface area contributed by atoms with Gasteiger partial charge in [-0.2, -0.15) is 0 Å². The van der Waals surface area contributed by atoms with Gasteiger partial charge in [0.05, 0.1) is 18.4 Å². The quantitative estimate of drug-likeness (QED) is 0.0973. The average Bonchev–Trinajstić information content (AvgIpc) is 3.38. The van der Waals surface area contributed by atoms with Crippen LogP contribution in [0.5, 0.6) is 0 Å². The molecule has 4 heteroatoms. The highest BCUT2D eigenvalue weighted by molar-refractivity contribution is 5.85. The highest BCUT2D eigenvalue weighted by Gasteiger charge is 2.19. The van der Waals surface area contributed by atoms with E-state index in [1.807, 2.05) is 0 Å². The van der Waals surface area contributed by atoms with Crippen LogP contribution in [0, 0.1) is 0 Å². The van der Waals surface area contributed by atoms with E-state index in [1.165, 1.54) is 147 Å². The first-order valence-electron chi connectivity index (χ1n) is 17.3. The number of carbonyl (C=O) groups excluding carboxylic acids is 1. The molecule has 0 spiro atoms. The Bertz CT molecular complexity index is 562. The molecule has 224 valence electrons. The molecule has 1 rings (SSSR count). The Labute approximate surface area is 238 Å². The topological polar surface area (TPSA) is 58.7 Å². The second-order valence-corrected chi connectivity index (χ2v) is 12.1. The number of hydrogen-bond donors (Lipinski definition) is 1. The first-order chi connectivity index (χ1) is 18.7. The third kappa shape index (κ3) is 20.1. The Morgan fingerprint density at radius 1 is 0.684 bits per heavy atom. The summed E-state index contributed by atoms with van der Waals surface area (Å²) in [6, 6.07) is -0.299. The van der Waals surface area contributed by atoms with E-state index in [0.29, 0.717) is 6.42 Å². The van der Waals surface area contributed by atoms with Crippen molar-refractivity contribution < 1.29 is 4.79 Å². The zero-order chi connectivity index (χ0) is 27.5. The zero-order valence-electron chi connectivity index (χ0n) is 26.0. The largest absolute Gasteiger partial charge is 0.358 e. The molecule has 0 saturated carbocycles. The summed E-state index contributed by atoms with van der Waals surface area (Å²) in [5, 5.41) is 0. The van der Waals surface area contributed by atoms with Gasteiger partial charge in [0.2, 0.25) is 0 Å². The van der Waals surface area contributed by atoms with E-state index in [-0.39, 0.29) is 11.8 Å². The van der Waals surface area contributed by atoms with Crippen LogP contribution in [-0.4, -0.2) is 42.2 Å². The fraction of sp³-hybridized carbons (Fsp3) is 0.941. The molecule has 0 aromatic heterocycles. The van der Waals surface area contributed by atoms with Crippen molar-refractivity contribution in [3.05, 3.63) is 0 Å². The van der Waals surface area contributed by atoms with Crippen LogP contribution in [0.1, 0.15) is 181 Å². The second-order valence-electron chi connectivity index (χ2n) is 12.1. The third-order valence-electron chi connectivity index (χ3n) is 8.43. The Kier molecular flexibility index (Phi) is 24.3. The standard InChI is InChI=1S/C34H67N3O/c1-3-5-7-9-11-13-15-17-19-21-23-25-27-34-36-29-31-37(34)30-28-32(35)33(38)26-24-22-20-18-16-14-12-10-8-6-4-2/h32H,3-31,35H2,1-2H3. The van der Waals surface area contributed by atoms with Gasteiger partial charge in [-0.1, -0.05) is 149 Å². The van der Waals surface area contributed by atoms with Gasteiger partial charge in [0, 0.05) is 25.9 Å². The van der Waals surface area contributed by atoms with Crippen LogP contribution in [0.4, 0.5) is 0 Å². The molecule has 1 aliphatic rings. The summed E-state index contributed by atoms with van der Waals surface area (Å²) in [5.74, 6) is 1.53. The van der Waals surface area contributed by atoms with Gasteiger partial charge in [-0.3, -0.25) is 9.79 Å². The molecule has 1 atom stereocenters. The lowest BCUT2D eigenvalue weighted by atomic mass is 10.0. The number of Topliss-reactive ketones (excluding diaryl/α,β-unsaturated/α-hetero) is 1. The minimum atomic E-state index is -0.299. The molecule has 0 radical (unpaired) electrons. The van der Waals surface area contributed by atoms with Crippen molar-refractivity contribution in [1.29, 1.82) is 0 Å². The van der Waals surface area contributed by atoms with E-state index in [0.717, 1.165) is 38.9 Å². The van der Waals surface area contributed by atoms with Gasteiger partial charge in [0.15, 0.2) is 0 Å². The van der Waals surface area contributed by atoms with Crippen molar-refractivity contribution in [1.82, 2.24) is 4.90 Å². The molecule has 0 aliphatic carbocycles. The Hall–Kier alpha value is -0.900. The highest BCUT2D eigenvalue weighted by Crippen LogP contribution is 2.16. The Morgan fingerprint density at radius 2 is 1.11 bits per heavy atom. The van der Waals surface area contributed by atoms with Gasteiger partial charge in [-0.05, 0) is 19.3 Å². The van der Waals surface area contributed by atoms with Gasteiger partial charge in [0.25, 0.3) is 0 Å². The summed E-state index contributed by atoms with van der Waals surface area (Å²) in [4.78, 5) is 19.7. The van der Waals surface area contributed by atoms with Crippen molar-refractivity contribution in [2.75, 3.05) is 19.6 Å². The smallest absolute Gasteiger partial charge is 0.149 e. The molecule has 1 aliphatic heterocycles. The molecule has 0 saturated heterocycles. The van der Waals surface area contributed by atoms with Gasteiger partial charge in [-0.15, -0.1) is 0 Å². The van der Waals surface area contributed by atoms with Crippen molar-refractivity contribution in [2.24, 2.45) is 10.7 Å². The first-order valence-corrected chi connectivity index (χ1v) is 17.3. The van der Waals surface area contributed by atoms with Gasteiger partial charge < -0.3 is 10.6 Å². The number of nitrogens with zero attached hydrogens (tertiary/aromatic N) is 2. The number of carbonyl (C=O) groups is 1. The fourth-order valence-electron chi connectivity index (χ4n) is 5.74. The van der Waals surface area contributed by atoms with E-state index in [4.69, 9.17) is 10.7 Å². The molecule has 2 N–H and O–H groups in total. The van der Waals surface area contributed by atoms with E-state index in [9.17, 15) is 4.79 Å². The maximum absolute atomic E-state index is 12.5. The molecule has 0 aromatic rings. The van der Waals surface area contributed by atoms with Crippen LogP contribution in [0.3, 0.4) is 0 Å². The van der Waals surface area contributed by atoms with Gasteiger partial charge in [0.1, 0.15) is 5.78 Å². The van der Waals surface area contributed by atoms with Crippen molar-refractivity contribution in [2.45, 2.75) is 187 Å². The zero-order valence-corrected chi connectivity index (χ0v) is 26.0. The molecule has 0 aromatic carbocycles. The van der Waals surface area contributed by atoms with Crippen molar-refractivity contribution >= 4 is 11.6 Å². The summed E-state index contributed by atoms with van der Waals surface area (Å²) >= 11 is 0. The van der Waals surface area contributed by atoms with Crippen LogP contribution in [0.15, 0.2) is 4.99 Å². The van der Waals surface area contributed by atoms with Gasteiger partial charge >= 0.3 is 0 Å². The fourth-order valence-corrected chi connectivity index (χ4v) is 5.74. The van der Waals surface area contributed by atoms with Crippen molar-refractivity contribution in [3.8, 4) is 0 Å². The molecule has 0 amide bonds. The summed E-state index contributed by atoms with van der Waals surface area (Å²) in [5.41, 5.74) is 6.27. The number of unbranched alkanes of at least 4 members (excludes halogenated alkanes) is 21. The predicted molar refractivity (Wildman–Crippen MR) is 168 cm³/mol. The molecular weight excluding hydrogens is 466 g/mol. The molecule has 0 bridgehead atoms. The van der Waals surface area contributed by atoms with E-state index < -0.39 is 0 Å². The number of hydrogen-bond acceptors (Lipinski definition) is 4. The SMILES string of the molecule is CCCCCCCCCCCCCCC1=NCCN1CCC(N)C(=O)CCCCCCCCCCCCC. The summed E-state index contributed by atoms with van der Waals surface area (Å²) < 4.78 is 0. The predicted octanol–water partition coefficient (Wildman–Crippen LogP) is 9.78. The van der Waals surface area contributed by atoms with Gasteiger partial charge in [-0.25, -0.2) is 0 Å².